The summed E-state index contributed by atoms with van der Waals surface area (Å²) in [6.07, 6.45) is 0. The summed E-state index contributed by atoms with van der Waals surface area (Å²) in [7, 11) is 0. The lowest BCUT2D eigenvalue weighted by atomic mass is 10.1. The van der Waals surface area contributed by atoms with Crippen LogP contribution < -0.4 is 18.9 Å². The van der Waals surface area contributed by atoms with E-state index in [1.807, 2.05) is 38.1 Å². The number of benzene rings is 4. The number of fused-ring (bicyclic) bond motifs is 2. The number of rotatable bonds is 4. The van der Waals surface area contributed by atoms with Crippen LogP contribution in [0.1, 0.15) is 44.5 Å². The maximum Gasteiger partial charge on any atom is 0.216 e. The van der Waals surface area contributed by atoms with Gasteiger partial charge in [-0.2, -0.15) is 0 Å². The molecule has 1 heterocycles. The molecule has 5 rings (SSSR count). The van der Waals surface area contributed by atoms with Crippen LogP contribution in [-0.2, 0) is 0 Å². The SMILES string of the molecule is Cc1cc(C)cc(Oc2c(Oc3c(C)cc(C)cc3C)cc(C)c3c2Oc2c(C)cc(C)cc2O3)c1. The van der Waals surface area contributed by atoms with E-state index in [9.17, 15) is 0 Å². The molecule has 0 aliphatic carbocycles. The summed E-state index contributed by atoms with van der Waals surface area (Å²) < 4.78 is 26.1. The average molecular weight is 481 g/mol. The van der Waals surface area contributed by atoms with Crippen molar-refractivity contribution in [3.63, 3.8) is 0 Å². The van der Waals surface area contributed by atoms with E-state index in [2.05, 4.69) is 65.8 Å². The number of ether oxygens (including phenoxy) is 4. The van der Waals surface area contributed by atoms with E-state index >= 15 is 0 Å². The van der Waals surface area contributed by atoms with Crippen LogP contribution in [-0.4, -0.2) is 0 Å². The molecule has 0 radical (unpaired) electrons. The first-order valence-corrected chi connectivity index (χ1v) is 12.3. The molecule has 4 aromatic rings. The Hall–Kier alpha value is -3.92. The van der Waals surface area contributed by atoms with Crippen molar-refractivity contribution in [3.8, 4) is 46.0 Å². The molecule has 1 aliphatic heterocycles. The Labute approximate surface area is 213 Å². The van der Waals surface area contributed by atoms with Crippen molar-refractivity contribution in [1.29, 1.82) is 0 Å². The smallest absolute Gasteiger partial charge is 0.216 e. The van der Waals surface area contributed by atoms with Crippen LogP contribution in [0.5, 0.6) is 46.0 Å². The normalized spacial score (nSPS) is 11.8. The van der Waals surface area contributed by atoms with Crippen LogP contribution in [0, 0.1) is 55.4 Å². The van der Waals surface area contributed by atoms with E-state index in [0.29, 0.717) is 34.5 Å². The minimum absolute atomic E-state index is 0.491. The lowest BCUT2D eigenvalue weighted by molar-refractivity contribution is 0.327. The molecule has 36 heavy (non-hydrogen) atoms. The zero-order valence-corrected chi connectivity index (χ0v) is 22.3. The topological polar surface area (TPSA) is 36.9 Å². The first-order valence-electron chi connectivity index (χ1n) is 12.3. The highest BCUT2D eigenvalue weighted by atomic mass is 16.6. The minimum Gasteiger partial charge on any atom is -0.453 e. The zero-order chi connectivity index (χ0) is 25.7. The molecular formula is C32H32O4. The molecular weight excluding hydrogens is 448 g/mol. The fourth-order valence-electron chi connectivity index (χ4n) is 5.00. The Kier molecular flexibility index (Phi) is 5.91. The Morgan fingerprint density at radius 3 is 1.67 bits per heavy atom. The van der Waals surface area contributed by atoms with Gasteiger partial charge in [-0.1, -0.05) is 29.8 Å². The minimum atomic E-state index is 0.491. The molecule has 0 aromatic heterocycles. The largest absolute Gasteiger partial charge is 0.453 e. The Morgan fingerprint density at radius 1 is 0.444 bits per heavy atom. The average Bonchev–Trinajstić information content (AvgIpc) is 2.77. The van der Waals surface area contributed by atoms with Gasteiger partial charge in [-0.3, -0.25) is 0 Å². The lowest BCUT2D eigenvalue weighted by Crippen LogP contribution is -2.06. The molecule has 0 saturated heterocycles. The first kappa shape index (κ1) is 23.8. The second-order valence-corrected chi connectivity index (χ2v) is 10.0. The number of aryl methyl sites for hydroxylation is 8. The van der Waals surface area contributed by atoms with Crippen LogP contribution in [0.3, 0.4) is 0 Å². The molecule has 0 saturated carbocycles. The van der Waals surface area contributed by atoms with E-state index < -0.39 is 0 Å². The summed E-state index contributed by atoms with van der Waals surface area (Å²) in [6.45, 7) is 16.4. The van der Waals surface area contributed by atoms with Crippen LogP contribution in [0.15, 0.2) is 48.5 Å². The van der Waals surface area contributed by atoms with Crippen LogP contribution >= 0.6 is 0 Å². The predicted molar refractivity (Wildman–Crippen MR) is 144 cm³/mol. The molecule has 0 bridgehead atoms. The van der Waals surface area contributed by atoms with E-state index in [-0.39, 0.29) is 0 Å². The summed E-state index contributed by atoms with van der Waals surface area (Å²) in [5.41, 5.74) is 8.59. The van der Waals surface area contributed by atoms with Gasteiger partial charge in [-0.25, -0.2) is 0 Å². The molecule has 0 unspecified atom stereocenters. The molecule has 4 heteroatoms. The second kappa shape index (κ2) is 8.94. The molecule has 1 aliphatic rings. The molecule has 0 spiro atoms. The Bertz CT molecular complexity index is 1470. The number of hydrogen-bond donors (Lipinski definition) is 0. The maximum atomic E-state index is 6.58. The van der Waals surface area contributed by atoms with Crippen molar-refractivity contribution in [1.82, 2.24) is 0 Å². The van der Waals surface area contributed by atoms with E-state index in [1.165, 1.54) is 5.56 Å². The van der Waals surface area contributed by atoms with Crippen LogP contribution in [0.2, 0.25) is 0 Å². The molecule has 0 fully saturated rings. The van der Waals surface area contributed by atoms with Crippen molar-refractivity contribution in [2.45, 2.75) is 55.4 Å². The first-order chi connectivity index (χ1) is 17.1. The van der Waals surface area contributed by atoms with Gasteiger partial charge in [0.15, 0.2) is 23.0 Å². The highest BCUT2D eigenvalue weighted by Gasteiger charge is 2.30. The monoisotopic (exact) mass is 480 g/mol. The third kappa shape index (κ3) is 4.39. The van der Waals surface area contributed by atoms with Gasteiger partial charge in [-0.05, 0) is 119 Å². The van der Waals surface area contributed by atoms with Crippen molar-refractivity contribution in [3.05, 3.63) is 93.0 Å². The van der Waals surface area contributed by atoms with E-state index in [1.54, 1.807) is 0 Å². The van der Waals surface area contributed by atoms with Crippen molar-refractivity contribution >= 4 is 0 Å². The maximum absolute atomic E-state index is 6.58. The number of hydrogen-bond acceptors (Lipinski definition) is 4. The summed E-state index contributed by atoms with van der Waals surface area (Å²) >= 11 is 0. The van der Waals surface area contributed by atoms with Gasteiger partial charge in [0.1, 0.15) is 11.5 Å². The van der Waals surface area contributed by atoms with Crippen molar-refractivity contribution in [2.75, 3.05) is 0 Å². The van der Waals surface area contributed by atoms with E-state index in [0.717, 1.165) is 50.4 Å². The summed E-state index contributed by atoms with van der Waals surface area (Å²) in [4.78, 5) is 0. The summed E-state index contributed by atoms with van der Waals surface area (Å²) in [5, 5.41) is 0. The fourth-order valence-corrected chi connectivity index (χ4v) is 5.00. The Morgan fingerprint density at radius 2 is 1.00 bits per heavy atom. The highest BCUT2D eigenvalue weighted by Crippen LogP contribution is 2.57. The van der Waals surface area contributed by atoms with Gasteiger partial charge >= 0.3 is 0 Å². The molecule has 0 atom stereocenters. The molecule has 4 nitrogen and oxygen atoms in total. The molecule has 4 aromatic carbocycles. The van der Waals surface area contributed by atoms with Gasteiger partial charge in [-0.15, -0.1) is 0 Å². The van der Waals surface area contributed by atoms with Crippen molar-refractivity contribution in [2.24, 2.45) is 0 Å². The third-order valence-electron chi connectivity index (χ3n) is 6.37. The standard InChI is InChI=1S/C32H32O4/c1-17-9-18(2)14-25(13-17)33-31-27(34-28-21(5)10-19(3)11-22(28)6)16-24(8)30-32(31)36-29-23(7)12-20(4)15-26(29)35-30/h9-16H,1-8H3. The summed E-state index contributed by atoms with van der Waals surface area (Å²) in [5.74, 6) is 5.16. The lowest BCUT2D eigenvalue weighted by Gasteiger charge is -2.27. The van der Waals surface area contributed by atoms with Crippen LogP contribution in [0.4, 0.5) is 0 Å². The Balaban J connectivity index is 1.69. The van der Waals surface area contributed by atoms with Gasteiger partial charge in [0, 0.05) is 0 Å². The molecule has 184 valence electrons. The van der Waals surface area contributed by atoms with Crippen molar-refractivity contribution < 1.29 is 18.9 Å². The zero-order valence-electron chi connectivity index (χ0n) is 22.3. The molecule has 0 amide bonds. The summed E-state index contributed by atoms with van der Waals surface area (Å²) in [6, 6.07) is 16.4. The highest BCUT2D eigenvalue weighted by molar-refractivity contribution is 5.70. The molecule has 0 N–H and O–H groups in total. The van der Waals surface area contributed by atoms with Gasteiger partial charge in [0.05, 0.1) is 0 Å². The quantitative estimate of drug-likeness (QED) is 0.257. The van der Waals surface area contributed by atoms with Gasteiger partial charge in [0.2, 0.25) is 11.5 Å². The van der Waals surface area contributed by atoms with Gasteiger partial charge < -0.3 is 18.9 Å². The third-order valence-corrected chi connectivity index (χ3v) is 6.37. The second-order valence-electron chi connectivity index (χ2n) is 10.0. The van der Waals surface area contributed by atoms with Gasteiger partial charge in [0.25, 0.3) is 0 Å². The van der Waals surface area contributed by atoms with E-state index in [4.69, 9.17) is 18.9 Å². The predicted octanol–water partition coefficient (Wildman–Crippen LogP) is 9.64. The fraction of sp³-hybridized carbons (Fsp3) is 0.250. The van der Waals surface area contributed by atoms with Crippen LogP contribution in [0.25, 0.3) is 0 Å².